The van der Waals surface area contributed by atoms with Crippen LogP contribution in [0.1, 0.15) is 37.8 Å². The van der Waals surface area contributed by atoms with Gasteiger partial charge in [0.05, 0.1) is 0 Å². The van der Waals surface area contributed by atoms with Crippen LogP contribution >= 0.6 is 12.2 Å². The van der Waals surface area contributed by atoms with Crippen LogP contribution in [-0.2, 0) is 0 Å². The molecule has 0 aromatic heterocycles. The fourth-order valence-corrected chi connectivity index (χ4v) is 2.03. The molecule has 1 atom stereocenters. The summed E-state index contributed by atoms with van der Waals surface area (Å²) >= 11 is 5.28. The average Bonchev–Trinajstić information content (AvgIpc) is 2.23. The summed E-state index contributed by atoms with van der Waals surface area (Å²) < 4.78 is 0. The first-order chi connectivity index (χ1) is 8.02. The molecule has 0 unspecified atom stereocenters. The molecule has 0 aliphatic rings. The van der Waals surface area contributed by atoms with Gasteiger partial charge in [0.2, 0.25) is 0 Å². The van der Waals surface area contributed by atoms with E-state index in [9.17, 15) is 0 Å². The number of rotatable bonds is 4. The van der Waals surface area contributed by atoms with Crippen LogP contribution in [0.2, 0.25) is 0 Å². The normalized spacial score (nSPS) is 12.0. The number of nitrogens with one attached hydrogen (secondary N) is 2. The zero-order valence-electron chi connectivity index (χ0n) is 11.1. The summed E-state index contributed by atoms with van der Waals surface area (Å²) in [6.07, 6.45) is 2.30. The van der Waals surface area contributed by atoms with Crippen molar-refractivity contribution < 1.29 is 0 Å². The van der Waals surface area contributed by atoms with Gasteiger partial charge in [0.15, 0.2) is 5.11 Å². The van der Waals surface area contributed by atoms with Crippen molar-refractivity contribution in [3.63, 3.8) is 0 Å². The van der Waals surface area contributed by atoms with Crippen molar-refractivity contribution in [3.05, 3.63) is 29.3 Å². The molecular formula is C14H22N2S. The molecule has 0 amide bonds. The lowest BCUT2D eigenvalue weighted by Crippen LogP contribution is -2.35. The van der Waals surface area contributed by atoms with Gasteiger partial charge in [-0.1, -0.05) is 19.4 Å². The summed E-state index contributed by atoms with van der Waals surface area (Å²) in [5, 5.41) is 7.21. The largest absolute Gasteiger partial charge is 0.360 e. The monoisotopic (exact) mass is 250 g/mol. The Balaban J connectivity index is 2.53. The second kappa shape index (κ2) is 6.60. The minimum Gasteiger partial charge on any atom is -0.360 e. The fourth-order valence-electron chi connectivity index (χ4n) is 1.72. The molecule has 0 spiro atoms. The molecule has 1 aromatic rings. The highest BCUT2D eigenvalue weighted by Gasteiger charge is 2.03. The second-order valence-corrected chi connectivity index (χ2v) is 5.00. The number of anilines is 1. The van der Waals surface area contributed by atoms with Crippen molar-refractivity contribution >= 4 is 23.0 Å². The molecule has 2 N–H and O–H groups in total. The molecule has 0 saturated heterocycles. The molecule has 3 heteroatoms. The van der Waals surface area contributed by atoms with Crippen LogP contribution in [0.4, 0.5) is 5.69 Å². The van der Waals surface area contributed by atoms with Crippen molar-refractivity contribution in [2.45, 2.75) is 46.6 Å². The lowest BCUT2D eigenvalue weighted by molar-refractivity contribution is 0.599. The summed E-state index contributed by atoms with van der Waals surface area (Å²) in [5.74, 6) is 0. The van der Waals surface area contributed by atoms with E-state index in [0.29, 0.717) is 11.2 Å². The smallest absolute Gasteiger partial charge is 0.170 e. The standard InChI is InChI=1S/C14H22N2S/c1-5-6-12(4)15-14(17)16-13-8-7-10(2)11(3)9-13/h7-9,12H,5-6H2,1-4H3,(H2,15,16,17)/t12-/m1/s1. The average molecular weight is 250 g/mol. The quantitative estimate of drug-likeness (QED) is 0.795. The van der Waals surface area contributed by atoms with Crippen molar-refractivity contribution in [3.8, 4) is 0 Å². The van der Waals surface area contributed by atoms with E-state index in [1.165, 1.54) is 17.5 Å². The number of hydrogen-bond acceptors (Lipinski definition) is 1. The topological polar surface area (TPSA) is 24.1 Å². The molecule has 0 saturated carbocycles. The summed E-state index contributed by atoms with van der Waals surface area (Å²) in [7, 11) is 0. The van der Waals surface area contributed by atoms with Crippen LogP contribution in [0.15, 0.2) is 18.2 Å². The van der Waals surface area contributed by atoms with Gasteiger partial charge in [0.1, 0.15) is 0 Å². The van der Waals surface area contributed by atoms with E-state index in [2.05, 4.69) is 56.5 Å². The Bertz CT molecular complexity index is 388. The van der Waals surface area contributed by atoms with Crippen molar-refractivity contribution in [2.75, 3.05) is 5.32 Å². The van der Waals surface area contributed by atoms with E-state index < -0.39 is 0 Å². The molecule has 1 rings (SSSR count). The third-order valence-electron chi connectivity index (χ3n) is 2.86. The SMILES string of the molecule is CCC[C@@H](C)NC(=S)Nc1ccc(C)c(C)c1. The first-order valence-electron chi connectivity index (χ1n) is 6.17. The van der Waals surface area contributed by atoms with E-state index in [0.717, 1.165) is 12.1 Å². The Morgan fingerprint density at radius 2 is 2.00 bits per heavy atom. The Kier molecular flexibility index (Phi) is 5.42. The Hall–Kier alpha value is -1.09. The van der Waals surface area contributed by atoms with E-state index in [1.807, 2.05) is 0 Å². The molecular weight excluding hydrogens is 228 g/mol. The summed E-state index contributed by atoms with van der Waals surface area (Å²) in [6.45, 7) is 8.55. The molecule has 1 aromatic carbocycles. The highest BCUT2D eigenvalue weighted by Crippen LogP contribution is 2.14. The molecule has 0 bridgehead atoms. The lowest BCUT2D eigenvalue weighted by Gasteiger charge is -2.16. The molecule has 94 valence electrons. The lowest BCUT2D eigenvalue weighted by atomic mass is 10.1. The highest BCUT2D eigenvalue weighted by atomic mass is 32.1. The van der Waals surface area contributed by atoms with E-state index >= 15 is 0 Å². The molecule has 0 aliphatic heterocycles. The van der Waals surface area contributed by atoms with Gasteiger partial charge in [-0.25, -0.2) is 0 Å². The summed E-state index contributed by atoms with van der Waals surface area (Å²) in [6, 6.07) is 6.70. The third kappa shape index (κ3) is 4.73. The van der Waals surface area contributed by atoms with E-state index in [-0.39, 0.29) is 0 Å². The molecule has 17 heavy (non-hydrogen) atoms. The van der Waals surface area contributed by atoms with Crippen molar-refractivity contribution in [1.29, 1.82) is 0 Å². The summed E-state index contributed by atoms with van der Waals surface area (Å²) in [5.41, 5.74) is 3.63. The zero-order chi connectivity index (χ0) is 12.8. The Labute approximate surface area is 110 Å². The number of thiocarbonyl (C=S) groups is 1. The van der Waals surface area contributed by atoms with Crippen molar-refractivity contribution in [1.82, 2.24) is 5.32 Å². The molecule has 0 radical (unpaired) electrons. The minimum absolute atomic E-state index is 0.423. The van der Waals surface area contributed by atoms with Gasteiger partial charge in [-0.2, -0.15) is 0 Å². The van der Waals surface area contributed by atoms with E-state index in [1.54, 1.807) is 0 Å². The molecule has 0 aliphatic carbocycles. The van der Waals surface area contributed by atoms with Gasteiger partial charge in [-0.15, -0.1) is 0 Å². The predicted octanol–water partition coefficient (Wildman–Crippen LogP) is 3.78. The van der Waals surface area contributed by atoms with Crippen LogP contribution in [0.3, 0.4) is 0 Å². The van der Waals surface area contributed by atoms with Crippen LogP contribution in [0.25, 0.3) is 0 Å². The van der Waals surface area contributed by atoms with Gasteiger partial charge in [-0.3, -0.25) is 0 Å². The molecule has 2 nitrogen and oxygen atoms in total. The van der Waals surface area contributed by atoms with Gasteiger partial charge in [0.25, 0.3) is 0 Å². The van der Waals surface area contributed by atoms with Crippen LogP contribution < -0.4 is 10.6 Å². The maximum atomic E-state index is 5.28. The highest BCUT2D eigenvalue weighted by molar-refractivity contribution is 7.80. The molecule has 0 fully saturated rings. The van der Waals surface area contributed by atoms with Crippen LogP contribution in [0, 0.1) is 13.8 Å². The number of aryl methyl sites for hydroxylation is 2. The molecule has 0 heterocycles. The summed E-state index contributed by atoms with van der Waals surface area (Å²) in [4.78, 5) is 0. The second-order valence-electron chi connectivity index (χ2n) is 4.59. The maximum absolute atomic E-state index is 5.28. The zero-order valence-corrected chi connectivity index (χ0v) is 11.9. The first-order valence-corrected chi connectivity index (χ1v) is 6.58. The third-order valence-corrected chi connectivity index (χ3v) is 3.08. The van der Waals surface area contributed by atoms with E-state index in [4.69, 9.17) is 12.2 Å². The van der Waals surface area contributed by atoms with Gasteiger partial charge in [-0.05, 0) is 62.7 Å². The Morgan fingerprint density at radius 1 is 1.29 bits per heavy atom. The van der Waals surface area contributed by atoms with Crippen LogP contribution in [0.5, 0.6) is 0 Å². The number of benzene rings is 1. The van der Waals surface area contributed by atoms with Crippen molar-refractivity contribution in [2.24, 2.45) is 0 Å². The maximum Gasteiger partial charge on any atom is 0.170 e. The van der Waals surface area contributed by atoms with Gasteiger partial charge in [0, 0.05) is 11.7 Å². The van der Waals surface area contributed by atoms with Gasteiger partial charge >= 0.3 is 0 Å². The Morgan fingerprint density at radius 3 is 2.59 bits per heavy atom. The van der Waals surface area contributed by atoms with Gasteiger partial charge < -0.3 is 10.6 Å². The van der Waals surface area contributed by atoms with Crippen LogP contribution in [-0.4, -0.2) is 11.2 Å². The minimum atomic E-state index is 0.423. The predicted molar refractivity (Wildman–Crippen MR) is 79.6 cm³/mol. The first kappa shape index (κ1) is 14.0. The number of hydrogen-bond donors (Lipinski definition) is 2. The fraction of sp³-hybridized carbons (Fsp3) is 0.500.